The van der Waals surface area contributed by atoms with Crippen LogP contribution in [0.3, 0.4) is 0 Å². The lowest BCUT2D eigenvalue weighted by molar-refractivity contribution is -0.124. The van der Waals surface area contributed by atoms with Crippen LogP contribution in [-0.4, -0.2) is 30.7 Å². The van der Waals surface area contributed by atoms with E-state index < -0.39 is 6.04 Å². The quantitative estimate of drug-likeness (QED) is 0.739. The maximum atomic E-state index is 11.7. The fraction of sp³-hybridized carbons (Fsp3) is 0.917. The molecule has 1 aliphatic heterocycles. The standard InChI is InChI=1S/C12H24N2O2/c1-9(2)7-10(13)11(15)14-8-12(3)5-4-6-16-12/h9-10H,4-8,13H2,1-3H3,(H,14,15). The zero-order valence-electron chi connectivity index (χ0n) is 10.6. The van der Waals surface area contributed by atoms with Crippen LogP contribution in [0.1, 0.15) is 40.0 Å². The van der Waals surface area contributed by atoms with E-state index in [1.54, 1.807) is 0 Å². The molecule has 0 aromatic carbocycles. The summed E-state index contributed by atoms with van der Waals surface area (Å²) in [6.07, 6.45) is 2.81. The number of hydrogen-bond donors (Lipinski definition) is 2. The van der Waals surface area contributed by atoms with Crippen molar-refractivity contribution in [2.75, 3.05) is 13.2 Å². The van der Waals surface area contributed by atoms with Gasteiger partial charge in [-0.2, -0.15) is 0 Å². The predicted molar refractivity (Wildman–Crippen MR) is 64.0 cm³/mol. The minimum Gasteiger partial charge on any atom is -0.373 e. The Labute approximate surface area is 97.9 Å². The van der Waals surface area contributed by atoms with Gasteiger partial charge >= 0.3 is 0 Å². The van der Waals surface area contributed by atoms with Gasteiger partial charge in [-0.3, -0.25) is 4.79 Å². The van der Waals surface area contributed by atoms with Gasteiger partial charge in [0.2, 0.25) is 5.91 Å². The maximum Gasteiger partial charge on any atom is 0.237 e. The lowest BCUT2D eigenvalue weighted by atomic mass is 10.0. The van der Waals surface area contributed by atoms with Gasteiger partial charge in [-0.15, -0.1) is 0 Å². The van der Waals surface area contributed by atoms with Gasteiger partial charge < -0.3 is 15.8 Å². The van der Waals surface area contributed by atoms with Crippen molar-refractivity contribution >= 4 is 5.91 Å². The molecule has 0 spiro atoms. The number of hydrogen-bond acceptors (Lipinski definition) is 3. The SMILES string of the molecule is CC(C)CC(N)C(=O)NCC1(C)CCCO1. The summed E-state index contributed by atoms with van der Waals surface area (Å²) in [5.74, 6) is 0.379. The highest BCUT2D eigenvalue weighted by Gasteiger charge is 2.30. The summed E-state index contributed by atoms with van der Waals surface area (Å²) in [5, 5.41) is 2.88. The molecule has 0 aromatic rings. The van der Waals surface area contributed by atoms with Crippen LogP contribution in [0.5, 0.6) is 0 Å². The van der Waals surface area contributed by atoms with Gasteiger partial charge in [-0.05, 0) is 32.1 Å². The van der Waals surface area contributed by atoms with Crippen molar-refractivity contribution in [2.45, 2.75) is 51.7 Å². The molecule has 2 unspecified atom stereocenters. The average molecular weight is 228 g/mol. The molecule has 0 aliphatic carbocycles. The third kappa shape index (κ3) is 4.10. The Kier molecular flexibility index (Phi) is 4.74. The molecule has 0 saturated carbocycles. The Balaban J connectivity index is 2.28. The van der Waals surface area contributed by atoms with E-state index in [4.69, 9.17) is 10.5 Å². The molecule has 1 saturated heterocycles. The lowest BCUT2D eigenvalue weighted by Crippen LogP contribution is -2.47. The zero-order chi connectivity index (χ0) is 12.2. The Morgan fingerprint density at radius 3 is 2.75 bits per heavy atom. The minimum atomic E-state index is -0.398. The summed E-state index contributed by atoms with van der Waals surface area (Å²) in [5.41, 5.74) is 5.61. The molecule has 1 rings (SSSR count). The molecule has 2 atom stereocenters. The lowest BCUT2D eigenvalue weighted by Gasteiger charge is -2.24. The summed E-state index contributed by atoms with van der Waals surface area (Å²) in [4.78, 5) is 11.7. The Hall–Kier alpha value is -0.610. The highest BCUT2D eigenvalue weighted by molar-refractivity contribution is 5.81. The van der Waals surface area contributed by atoms with E-state index in [1.165, 1.54) is 0 Å². The molecule has 1 aliphatic rings. The van der Waals surface area contributed by atoms with Crippen molar-refractivity contribution in [2.24, 2.45) is 11.7 Å². The predicted octanol–water partition coefficient (Wildman–Crippen LogP) is 1.05. The van der Waals surface area contributed by atoms with Crippen LogP contribution < -0.4 is 11.1 Å². The molecule has 16 heavy (non-hydrogen) atoms. The first-order chi connectivity index (χ1) is 7.43. The fourth-order valence-electron chi connectivity index (χ4n) is 2.00. The summed E-state index contributed by atoms with van der Waals surface area (Å²) >= 11 is 0. The highest BCUT2D eigenvalue weighted by atomic mass is 16.5. The van der Waals surface area contributed by atoms with E-state index in [0.717, 1.165) is 25.9 Å². The molecule has 0 aromatic heterocycles. The van der Waals surface area contributed by atoms with Crippen molar-refractivity contribution < 1.29 is 9.53 Å². The van der Waals surface area contributed by atoms with Crippen LogP contribution in [0.15, 0.2) is 0 Å². The molecule has 3 N–H and O–H groups in total. The number of rotatable bonds is 5. The van der Waals surface area contributed by atoms with E-state index in [1.807, 2.05) is 6.92 Å². The van der Waals surface area contributed by atoms with Gasteiger partial charge in [-0.25, -0.2) is 0 Å². The number of nitrogens with two attached hydrogens (primary N) is 1. The normalized spacial score (nSPS) is 27.1. The van der Waals surface area contributed by atoms with E-state index in [0.29, 0.717) is 12.5 Å². The number of carbonyl (C=O) groups excluding carboxylic acids is 1. The van der Waals surface area contributed by atoms with E-state index in [-0.39, 0.29) is 11.5 Å². The summed E-state index contributed by atoms with van der Waals surface area (Å²) in [6, 6.07) is -0.398. The second kappa shape index (κ2) is 5.64. The second-order valence-electron chi connectivity index (χ2n) is 5.36. The second-order valence-corrected chi connectivity index (χ2v) is 5.36. The van der Waals surface area contributed by atoms with Crippen LogP contribution in [0.25, 0.3) is 0 Å². The van der Waals surface area contributed by atoms with E-state index >= 15 is 0 Å². The Morgan fingerprint density at radius 1 is 1.56 bits per heavy atom. The average Bonchev–Trinajstić information content (AvgIpc) is 2.61. The van der Waals surface area contributed by atoms with Crippen LogP contribution in [-0.2, 0) is 9.53 Å². The summed E-state index contributed by atoms with van der Waals surface area (Å²) in [7, 11) is 0. The first kappa shape index (κ1) is 13.5. The van der Waals surface area contributed by atoms with Crippen molar-refractivity contribution in [3.05, 3.63) is 0 Å². The topological polar surface area (TPSA) is 64.4 Å². The third-order valence-electron chi connectivity index (χ3n) is 3.00. The van der Waals surface area contributed by atoms with Gasteiger partial charge in [0.25, 0.3) is 0 Å². The smallest absolute Gasteiger partial charge is 0.237 e. The molecular weight excluding hydrogens is 204 g/mol. The molecule has 94 valence electrons. The van der Waals surface area contributed by atoms with Crippen LogP contribution in [0, 0.1) is 5.92 Å². The largest absolute Gasteiger partial charge is 0.373 e. The van der Waals surface area contributed by atoms with Crippen molar-refractivity contribution in [1.29, 1.82) is 0 Å². The number of carbonyl (C=O) groups is 1. The molecule has 4 nitrogen and oxygen atoms in total. The molecule has 1 heterocycles. The summed E-state index contributed by atoms with van der Waals surface area (Å²) < 4.78 is 5.60. The highest BCUT2D eigenvalue weighted by Crippen LogP contribution is 2.23. The molecule has 0 radical (unpaired) electrons. The summed E-state index contributed by atoms with van der Waals surface area (Å²) in [6.45, 7) is 7.53. The van der Waals surface area contributed by atoms with Gasteiger partial charge in [0, 0.05) is 13.2 Å². The molecule has 4 heteroatoms. The van der Waals surface area contributed by atoms with Crippen molar-refractivity contribution in [3.63, 3.8) is 0 Å². The molecule has 0 bridgehead atoms. The number of ether oxygens (including phenoxy) is 1. The van der Waals surface area contributed by atoms with Gasteiger partial charge in [-0.1, -0.05) is 13.8 Å². The van der Waals surface area contributed by atoms with Crippen LogP contribution in [0.4, 0.5) is 0 Å². The zero-order valence-corrected chi connectivity index (χ0v) is 10.6. The van der Waals surface area contributed by atoms with E-state index in [2.05, 4.69) is 19.2 Å². The van der Waals surface area contributed by atoms with Crippen molar-refractivity contribution in [3.8, 4) is 0 Å². The van der Waals surface area contributed by atoms with Crippen LogP contribution in [0.2, 0.25) is 0 Å². The monoisotopic (exact) mass is 228 g/mol. The molecule has 1 fully saturated rings. The van der Waals surface area contributed by atoms with E-state index in [9.17, 15) is 4.79 Å². The fourth-order valence-corrected chi connectivity index (χ4v) is 2.00. The first-order valence-corrected chi connectivity index (χ1v) is 6.10. The first-order valence-electron chi connectivity index (χ1n) is 6.10. The van der Waals surface area contributed by atoms with Gasteiger partial charge in [0.05, 0.1) is 11.6 Å². The van der Waals surface area contributed by atoms with Gasteiger partial charge in [0.1, 0.15) is 0 Å². The maximum absolute atomic E-state index is 11.7. The van der Waals surface area contributed by atoms with Crippen molar-refractivity contribution in [1.82, 2.24) is 5.32 Å². The van der Waals surface area contributed by atoms with Crippen LogP contribution >= 0.6 is 0 Å². The Bertz CT molecular complexity index is 235. The minimum absolute atomic E-state index is 0.0644. The number of amides is 1. The third-order valence-corrected chi connectivity index (χ3v) is 3.00. The molecule has 1 amide bonds. The number of nitrogens with one attached hydrogen (secondary N) is 1. The van der Waals surface area contributed by atoms with Gasteiger partial charge in [0.15, 0.2) is 0 Å². The Morgan fingerprint density at radius 2 is 2.25 bits per heavy atom. The molecular formula is C12H24N2O2.